The fraction of sp³-hybridized carbons (Fsp3) is 0.429. The number of nitrogens with zero attached hydrogens (tertiary/aromatic N) is 1. The van der Waals surface area contributed by atoms with Crippen LogP contribution in [0.1, 0.15) is 22.3 Å². The summed E-state index contributed by atoms with van der Waals surface area (Å²) in [7, 11) is -3.19. The average molecular weight is 293 g/mol. The summed E-state index contributed by atoms with van der Waals surface area (Å²) in [6, 6.07) is 7.06. The highest BCUT2D eigenvalue weighted by Crippen LogP contribution is 2.33. The van der Waals surface area contributed by atoms with Gasteiger partial charge in [-0.2, -0.15) is 0 Å². The van der Waals surface area contributed by atoms with Crippen molar-refractivity contribution in [3.8, 4) is 0 Å². The zero-order chi connectivity index (χ0) is 14.3. The van der Waals surface area contributed by atoms with Gasteiger partial charge in [0.25, 0.3) is 0 Å². The standard InChI is InChI=1S/C14H15NO4S/c16-8-11-3-1-10(2-4-11)5-6-15-12-7-13(14(15)17)20(18,19)9-12/h1-4,8,12-13H,5-7,9H2. The Bertz CT molecular complexity index is 650. The molecule has 0 aromatic heterocycles. The van der Waals surface area contributed by atoms with E-state index in [2.05, 4.69) is 0 Å². The van der Waals surface area contributed by atoms with E-state index in [9.17, 15) is 18.0 Å². The number of amides is 1. The molecule has 6 heteroatoms. The number of carbonyl (C=O) groups is 2. The van der Waals surface area contributed by atoms with E-state index < -0.39 is 15.1 Å². The van der Waals surface area contributed by atoms with E-state index in [1.54, 1.807) is 17.0 Å². The number of benzene rings is 1. The molecule has 106 valence electrons. The number of aldehydes is 1. The molecule has 20 heavy (non-hydrogen) atoms. The van der Waals surface area contributed by atoms with E-state index in [1.807, 2.05) is 12.1 Å². The second-order valence-electron chi connectivity index (χ2n) is 5.35. The van der Waals surface area contributed by atoms with E-state index in [-0.39, 0.29) is 17.7 Å². The van der Waals surface area contributed by atoms with Crippen LogP contribution in [0, 0.1) is 0 Å². The third-order valence-electron chi connectivity index (χ3n) is 4.10. The van der Waals surface area contributed by atoms with Crippen molar-refractivity contribution in [1.82, 2.24) is 4.90 Å². The summed E-state index contributed by atoms with van der Waals surface area (Å²) in [6.45, 7) is 0.538. The number of likely N-dealkylation sites (tertiary alicyclic amines) is 1. The Morgan fingerprint density at radius 3 is 2.50 bits per heavy atom. The second-order valence-corrected chi connectivity index (χ2v) is 7.58. The van der Waals surface area contributed by atoms with Crippen LogP contribution in [0.3, 0.4) is 0 Å². The molecule has 0 N–H and O–H groups in total. The Kier molecular flexibility index (Phi) is 3.12. The molecule has 2 aliphatic rings. The molecule has 2 heterocycles. The third-order valence-corrected chi connectivity index (χ3v) is 6.21. The number of hydrogen-bond donors (Lipinski definition) is 0. The highest BCUT2D eigenvalue weighted by molar-refractivity contribution is 7.93. The van der Waals surface area contributed by atoms with Gasteiger partial charge in [-0.1, -0.05) is 24.3 Å². The van der Waals surface area contributed by atoms with E-state index in [1.165, 1.54) is 0 Å². The molecule has 0 spiro atoms. The lowest BCUT2D eigenvalue weighted by molar-refractivity contribution is -0.128. The zero-order valence-electron chi connectivity index (χ0n) is 10.9. The van der Waals surface area contributed by atoms with Crippen molar-refractivity contribution in [3.63, 3.8) is 0 Å². The summed E-state index contributed by atoms with van der Waals surface area (Å²) in [5.74, 6) is -0.140. The number of rotatable bonds is 4. The summed E-state index contributed by atoms with van der Waals surface area (Å²) in [5, 5.41) is -0.801. The van der Waals surface area contributed by atoms with Crippen LogP contribution in [0.4, 0.5) is 0 Å². The largest absolute Gasteiger partial charge is 0.337 e. The predicted molar refractivity (Wildman–Crippen MR) is 73.2 cm³/mol. The van der Waals surface area contributed by atoms with Gasteiger partial charge in [-0.25, -0.2) is 8.42 Å². The monoisotopic (exact) mass is 293 g/mol. The van der Waals surface area contributed by atoms with Crippen LogP contribution in [-0.2, 0) is 21.1 Å². The van der Waals surface area contributed by atoms with E-state index in [4.69, 9.17) is 0 Å². The van der Waals surface area contributed by atoms with Gasteiger partial charge in [0.15, 0.2) is 9.84 Å². The Balaban J connectivity index is 1.65. The highest BCUT2D eigenvalue weighted by atomic mass is 32.2. The Hall–Kier alpha value is -1.69. The van der Waals surface area contributed by atoms with E-state index >= 15 is 0 Å². The number of fused-ring (bicyclic) bond motifs is 2. The van der Waals surface area contributed by atoms with Crippen molar-refractivity contribution in [2.45, 2.75) is 24.1 Å². The first kappa shape index (κ1) is 13.3. The molecule has 3 rings (SSSR count). The molecule has 1 aromatic carbocycles. The van der Waals surface area contributed by atoms with Crippen LogP contribution < -0.4 is 0 Å². The predicted octanol–water partition coefficient (Wildman–Crippen LogP) is 0.440. The van der Waals surface area contributed by atoms with Gasteiger partial charge >= 0.3 is 0 Å². The molecule has 0 saturated carbocycles. The lowest BCUT2D eigenvalue weighted by Gasteiger charge is -2.26. The summed E-state index contributed by atoms with van der Waals surface area (Å²) < 4.78 is 23.3. The highest BCUT2D eigenvalue weighted by Gasteiger charge is 2.54. The van der Waals surface area contributed by atoms with Crippen molar-refractivity contribution in [2.75, 3.05) is 12.3 Å². The first-order valence-electron chi connectivity index (χ1n) is 6.57. The minimum absolute atomic E-state index is 0.105. The average Bonchev–Trinajstić information content (AvgIpc) is 2.90. The van der Waals surface area contributed by atoms with Gasteiger partial charge in [0.2, 0.25) is 5.91 Å². The Morgan fingerprint density at radius 1 is 1.25 bits per heavy atom. The maximum atomic E-state index is 12.0. The molecular weight excluding hydrogens is 278 g/mol. The Morgan fingerprint density at radius 2 is 1.95 bits per heavy atom. The van der Waals surface area contributed by atoms with Crippen molar-refractivity contribution >= 4 is 22.0 Å². The second kappa shape index (κ2) is 4.70. The number of hydrogen-bond acceptors (Lipinski definition) is 4. The summed E-state index contributed by atoms with van der Waals surface area (Å²) in [5.41, 5.74) is 1.66. The minimum atomic E-state index is -3.19. The van der Waals surface area contributed by atoms with Crippen LogP contribution in [-0.4, -0.2) is 49.1 Å². The molecule has 5 nitrogen and oxygen atoms in total. The maximum Gasteiger partial charge on any atom is 0.241 e. The smallest absolute Gasteiger partial charge is 0.241 e. The lowest BCUT2D eigenvalue weighted by atomic mass is 10.1. The normalized spacial score (nSPS) is 27.0. The lowest BCUT2D eigenvalue weighted by Crippen LogP contribution is -2.45. The van der Waals surface area contributed by atoms with Crippen molar-refractivity contribution in [1.29, 1.82) is 0 Å². The van der Waals surface area contributed by atoms with Crippen molar-refractivity contribution in [2.24, 2.45) is 0 Å². The van der Waals surface area contributed by atoms with Crippen LogP contribution in [0.2, 0.25) is 0 Å². The Labute approximate surface area is 117 Å². The van der Waals surface area contributed by atoms with Gasteiger partial charge < -0.3 is 4.90 Å². The first-order chi connectivity index (χ1) is 9.51. The first-order valence-corrected chi connectivity index (χ1v) is 8.29. The topological polar surface area (TPSA) is 71.5 Å². The van der Waals surface area contributed by atoms with Crippen LogP contribution in [0.5, 0.6) is 0 Å². The molecule has 2 aliphatic heterocycles. The molecule has 1 aromatic rings. The van der Waals surface area contributed by atoms with Gasteiger partial charge in [-0.3, -0.25) is 9.59 Å². The molecule has 2 saturated heterocycles. The molecule has 0 radical (unpaired) electrons. The van der Waals surface area contributed by atoms with Crippen LogP contribution in [0.25, 0.3) is 0 Å². The summed E-state index contributed by atoms with van der Waals surface area (Å²) in [6.07, 6.45) is 1.91. The summed E-state index contributed by atoms with van der Waals surface area (Å²) in [4.78, 5) is 24.3. The molecule has 2 fully saturated rings. The van der Waals surface area contributed by atoms with Gasteiger partial charge in [0, 0.05) is 18.2 Å². The van der Waals surface area contributed by atoms with E-state index in [0.717, 1.165) is 11.8 Å². The molecule has 2 atom stereocenters. The number of carbonyl (C=O) groups excluding carboxylic acids is 2. The van der Waals surface area contributed by atoms with Crippen molar-refractivity contribution < 1.29 is 18.0 Å². The molecule has 2 unspecified atom stereocenters. The fourth-order valence-electron chi connectivity index (χ4n) is 2.99. The quantitative estimate of drug-likeness (QED) is 0.755. The zero-order valence-corrected chi connectivity index (χ0v) is 11.7. The molecular formula is C14H15NO4S. The van der Waals surface area contributed by atoms with Gasteiger partial charge in [-0.05, 0) is 18.4 Å². The summed E-state index contributed by atoms with van der Waals surface area (Å²) >= 11 is 0. The van der Waals surface area contributed by atoms with Crippen molar-refractivity contribution in [3.05, 3.63) is 35.4 Å². The van der Waals surface area contributed by atoms with Crippen LogP contribution in [0.15, 0.2) is 24.3 Å². The van der Waals surface area contributed by atoms with Gasteiger partial charge in [0.05, 0.1) is 5.75 Å². The molecule has 1 amide bonds. The van der Waals surface area contributed by atoms with Gasteiger partial charge in [-0.15, -0.1) is 0 Å². The fourth-order valence-corrected chi connectivity index (χ4v) is 5.03. The SMILES string of the molecule is O=Cc1ccc(CCN2C(=O)C3CC2CS3(=O)=O)cc1. The molecule has 0 aliphatic carbocycles. The maximum absolute atomic E-state index is 12.0. The van der Waals surface area contributed by atoms with Crippen LogP contribution >= 0.6 is 0 Å². The van der Waals surface area contributed by atoms with E-state index in [0.29, 0.717) is 24.9 Å². The number of sulfone groups is 1. The minimum Gasteiger partial charge on any atom is -0.337 e. The molecule has 2 bridgehead atoms. The third kappa shape index (κ3) is 2.14. The van der Waals surface area contributed by atoms with Gasteiger partial charge in [0.1, 0.15) is 11.5 Å².